The van der Waals surface area contributed by atoms with Crippen molar-refractivity contribution in [3.8, 4) is 0 Å². The van der Waals surface area contributed by atoms with Crippen molar-refractivity contribution < 1.29 is 9.59 Å². The van der Waals surface area contributed by atoms with Crippen molar-refractivity contribution in [2.24, 2.45) is 0 Å². The van der Waals surface area contributed by atoms with Crippen LogP contribution in [0.15, 0.2) is 30.3 Å². The van der Waals surface area contributed by atoms with Gasteiger partial charge >= 0.3 is 0 Å². The van der Waals surface area contributed by atoms with Gasteiger partial charge in [-0.1, -0.05) is 18.2 Å². The van der Waals surface area contributed by atoms with Crippen LogP contribution in [0.5, 0.6) is 0 Å². The minimum atomic E-state index is -0.105. The van der Waals surface area contributed by atoms with Gasteiger partial charge in [0.25, 0.3) is 5.91 Å². The molecule has 1 fully saturated rings. The van der Waals surface area contributed by atoms with Crippen LogP contribution in [0.1, 0.15) is 17.3 Å². The Hall–Kier alpha value is -1.88. The number of hydrogen-bond acceptors (Lipinski definition) is 3. The summed E-state index contributed by atoms with van der Waals surface area (Å²) in [6.07, 6.45) is 0. The molecule has 1 aliphatic rings. The van der Waals surface area contributed by atoms with Gasteiger partial charge in [0.15, 0.2) is 0 Å². The minimum absolute atomic E-state index is 0.0871. The van der Waals surface area contributed by atoms with Gasteiger partial charge in [-0.05, 0) is 12.1 Å². The molecule has 1 aromatic carbocycles. The van der Waals surface area contributed by atoms with Crippen LogP contribution in [-0.4, -0.2) is 47.9 Å². The first-order valence-electron chi connectivity index (χ1n) is 6.03. The van der Waals surface area contributed by atoms with Crippen molar-refractivity contribution in [1.29, 1.82) is 0 Å². The Morgan fingerprint density at radius 1 is 1.06 bits per heavy atom. The van der Waals surface area contributed by atoms with E-state index in [9.17, 15) is 9.59 Å². The number of amides is 2. The Labute approximate surface area is 106 Å². The number of benzene rings is 1. The molecule has 0 aromatic heterocycles. The summed E-state index contributed by atoms with van der Waals surface area (Å²) in [6, 6.07) is 9.11. The van der Waals surface area contributed by atoms with Crippen LogP contribution in [0.25, 0.3) is 0 Å². The number of carbonyl (C=O) groups excluding carboxylic acids is 2. The smallest absolute Gasteiger partial charge is 0.265 e. The topological polar surface area (TPSA) is 52.7 Å². The zero-order valence-corrected chi connectivity index (χ0v) is 10.4. The second kappa shape index (κ2) is 5.64. The second-order valence-corrected chi connectivity index (χ2v) is 4.30. The number of hydrogen-bond donors (Lipinski definition) is 1. The number of hydrazine groups is 1. The van der Waals surface area contributed by atoms with E-state index in [2.05, 4.69) is 5.43 Å². The zero-order chi connectivity index (χ0) is 13.0. The molecule has 5 nitrogen and oxygen atoms in total. The number of piperazine rings is 1. The Kier molecular flexibility index (Phi) is 3.94. The van der Waals surface area contributed by atoms with Crippen LogP contribution in [0.2, 0.25) is 0 Å². The first kappa shape index (κ1) is 12.6. The molecule has 0 atom stereocenters. The van der Waals surface area contributed by atoms with Crippen LogP contribution >= 0.6 is 0 Å². The molecule has 18 heavy (non-hydrogen) atoms. The maximum atomic E-state index is 11.9. The van der Waals surface area contributed by atoms with E-state index in [1.807, 2.05) is 23.2 Å². The van der Waals surface area contributed by atoms with Gasteiger partial charge in [0, 0.05) is 38.7 Å². The standard InChI is InChI=1S/C13H17N3O2/c1-11(17)15-7-9-16(10-8-15)14-13(18)12-5-3-2-4-6-12/h2-6H,7-10H2,1H3,(H,14,18). The third-order valence-corrected chi connectivity index (χ3v) is 3.02. The highest BCUT2D eigenvalue weighted by molar-refractivity contribution is 5.93. The van der Waals surface area contributed by atoms with Crippen molar-refractivity contribution in [3.63, 3.8) is 0 Å². The summed E-state index contributed by atoms with van der Waals surface area (Å²) in [7, 11) is 0. The highest BCUT2D eigenvalue weighted by Gasteiger charge is 2.19. The van der Waals surface area contributed by atoms with E-state index in [1.165, 1.54) is 0 Å². The first-order chi connectivity index (χ1) is 8.66. The van der Waals surface area contributed by atoms with E-state index in [1.54, 1.807) is 24.0 Å². The molecule has 96 valence electrons. The normalized spacial score (nSPS) is 16.4. The van der Waals surface area contributed by atoms with Gasteiger partial charge in [0.1, 0.15) is 0 Å². The molecule has 0 spiro atoms. The molecule has 0 aliphatic carbocycles. The summed E-state index contributed by atoms with van der Waals surface area (Å²) in [5.41, 5.74) is 3.50. The third kappa shape index (κ3) is 3.07. The summed E-state index contributed by atoms with van der Waals surface area (Å²) in [4.78, 5) is 24.8. The van der Waals surface area contributed by atoms with Crippen LogP contribution in [0.3, 0.4) is 0 Å². The molecule has 1 aromatic rings. The molecule has 0 bridgehead atoms. The third-order valence-electron chi connectivity index (χ3n) is 3.02. The number of carbonyl (C=O) groups is 2. The van der Waals surface area contributed by atoms with Crippen molar-refractivity contribution in [2.75, 3.05) is 26.2 Å². The first-order valence-corrected chi connectivity index (χ1v) is 6.03. The summed E-state index contributed by atoms with van der Waals surface area (Å²) < 4.78 is 0. The highest BCUT2D eigenvalue weighted by Crippen LogP contribution is 2.02. The Balaban J connectivity index is 1.85. The van der Waals surface area contributed by atoms with E-state index >= 15 is 0 Å². The molecule has 1 aliphatic heterocycles. The molecule has 5 heteroatoms. The predicted molar refractivity (Wildman–Crippen MR) is 67.7 cm³/mol. The van der Waals surface area contributed by atoms with Crippen LogP contribution in [0, 0.1) is 0 Å². The number of rotatable bonds is 2. The van der Waals surface area contributed by atoms with Gasteiger partial charge in [-0.2, -0.15) is 0 Å². The predicted octanol–water partition coefficient (Wildman–Crippen LogP) is 0.495. The Morgan fingerprint density at radius 3 is 2.22 bits per heavy atom. The minimum Gasteiger partial charge on any atom is -0.340 e. The van der Waals surface area contributed by atoms with Crippen LogP contribution in [-0.2, 0) is 4.79 Å². The van der Waals surface area contributed by atoms with Crippen molar-refractivity contribution in [1.82, 2.24) is 15.3 Å². The molecular formula is C13H17N3O2. The van der Waals surface area contributed by atoms with Gasteiger partial charge in [-0.25, -0.2) is 5.01 Å². The van der Waals surface area contributed by atoms with Gasteiger partial charge in [-0.3, -0.25) is 15.0 Å². The number of nitrogens with zero attached hydrogens (tertiary/aromatic N) is 2. The van der Waals surface area contributed by atoms with Gasteiger partial charge in [-0.15, -0.1) is 0 Å². The average molecular weight is 247 g/mol. The largest absolute Gasteiger partial charge is 0.340 e. The molecule has 0 saturated carbocycles. The molecule has 0 unspecified atom stereocenters. The average Bonchev–Trinajstić information content (AvgIpc) is 2.40. The van der Waals surface area contributed by atoms with Gasteiger partial charge < -0.3 is 4.90 Å². The van der Waals surface area contributed by atoms with E-state index in [-0.39, 0.29) is 11.8 Å². The fourth-order valence-corrected chi connectivity index (χ4v) is 1.93. The van der Waals surface area contributed by atoms with E-state index in [4.69, 9.17) is 0 Å². The summed E-state index contributed by atoms with van der Waals surface area (Å²) in [5, 5.41) is 1.86. The maximum Gasteiger partial charge on any atom is 0.265 e. The maximum absolute atomic E-state index is 11.9. The molecule has 1 N–H and O–H groups in total. The molecule has 0 radical (unpaired) electrons. The summed E-state index contributed by atoms with van der Waals surface area (Å²) in [5.74, 6) is -0.0177. The number of nitrogens with one attached hydrogen (secondary N) is 1. The molecular weight excluding hydrogens is 230 g/mol. The lowest BCUT2D eigenvalue weighted by atomic mass is 10.2. The van der Waals surface area contributed by atoms with Crippen LogP contribution < -0.4 is 5.43 Å². The second-order valence-electron chi connectivity index (χ2n) is 4.30. The SMILES string of the molecule is CC(=O)N1CCN(NC(=O)c2ccccc2)CC1. The highest BCUT2D eigenvalue weighted by atomic mass is 16.2. The fourth-order valence-electron chi connectivity index (χ4n) is 1.93. The molecule has 2 rings (SSSR count). The molecule has 1 saturated heterocycles. The lowest BCUT2D eigenvalue weighted by molar-refractivity contribution is -0.130. The van der Waals surface area contributed by atoms with E-state index in [0.29, 0.717) is 31.7 Å². The summed E-state index contributed by atoms with van der Waals surface area (Å²) >= 11 is 0. The van der Waals surface area contributed by atoms with Crippen molar-refractivity contribution in [2.45, 2.75) is 6.92 Å². The Bertz CT molecular complexity index is 425. The van der Waals surface area contributed by atoms with Crippen molar-refractivity contribution in [3.05, 3.63) is 35.9 Å². The lowest BCUT2D eigenvalue weighted by Crippen LogP contribution is -2.54. The zero-order valence-electron chi connectivity index (χ0n) is 10.4. The molecule has 2 amide bonds. The van der Waals surface area contributed by atoms with E-state index < -0.39 is 0 Å². The lowest BCUT2D eigenvalue weighted by Gasteiger charge is -2.34. The quantitative estimate of drug-likeness (QED) is 0.827. The van der Waals surface area contributed by atoms with Crippen molar-refractivity contribution >= 4 is 11.8 Å². The van der Waals surface area contributed by atoms with E-state index in [0.717, 1.165) is 0 Å². The van der Waals surface area contributed by atoms with Gasteiger partial charge in [0.05, 0.1) is 0 Å². The Morgan fingerprint density at radius 2 is 1.67 bits per heavy atom. The fraction of sp³-hybridized carbons (Fsp3) is 0.385. The monoisotopic (exact) mass is 247 g/mol. The summed E-state index contributed by atoms with van der Waals surface area (Å²) in [6.45, 7) is 4.21. The van der Waals surface area contributed by atoms with Gasteiger partial charge in [0.2, 0.25) is 5.91 Å². The molecule has 1 heterocycles. The van der Waals surface area contributed by atoms with Crippen LogP contribution in [0.4, 0.5) is 0 Å².